The van der Waals surface area contributed by atoms with Gasteiger partial charge in [-0.05, 0) is 43.5 Å². The highest BCUT2D eigenvalue weighted by molar-refractivity contribution is 5.76. The van der Waals surface area contributed by atoms with Crippen LogP contribution >= 0.6 is 0 Å². The van der Waals surface area contributed by atoms with Crippen LogP contribution in [-0.2, 0) is 11.2 Å². The van der Waals surface area contributed by atoms with Gasteiger partial charge in [0.05, 0.1) is 6.54 Å². The van der Waals surface area contributed by atoms with Gasteiger partial charge < -0.3 is 10.1 Å². The van der Waals surface area contributed by atoms with Gasteiger partial charge in [0.1, 0.15) is 12.4 Å². The summed E-state index contributed by atoms with van der Waals surface area (Å²) in [5.74, 6) is 0.905. The summed E-state index contributed by atoms with van der Waals surface area (Å²) in [6, 6.07) is 16.2. The zero-order chi connectivity index (χ0) is 15.8. The van der Waals surface area contributed by atoms with Gasteiger partial charge >= 0.3 is 0 Å². The molecule has 3 nitrogen and oxygen atoms in total. The van der Waals surface area contributed by atoms with E-state index in [4.69, 9.17) is 4.74 Å². The third-order valence-electron chi connectivity index (χ3n) is 3.44. The minimum atomic E-state index is 0.0633. The van der Waals surface area contributed by atoms with Gasteiger partial charge in [-0.2, -0.15) is 0 Å². The minimum absolute atomic E-state index is 0.0633. The molecule has 2 rings (SSSR count). The molecule has 0 atom stereocenters. The quantitative estimate of drug-likeness (QED) is 0.795. The lowest BCUT2D eigenvalue weighted by Gasteiger charge is -2.08. The lowest BCUT2D eigenvalue weighted by molar-refractivity contribution is -0.121. The number of amides is 1. The van der Waals surface area contributed by atoms with Crippen LogP contribution < -0.4 is 10.1 Å². The number of hydrogen-bond acceptors (Lipinski definition) is 2. The van der Waals surface area contributed by atoms with Gasteiger partial charge in [0.25, 0.3) is 0 Å². The molecule has 2 aromatic carbocycles. The monoisotopic (exact) mass is 297 g/mol. The van der Waals surface area contributed by atoms with E-state index in [1.807, 2.05) is 31.2 Å². The van der Waals surface area contributed by atoms with E-state index in [1.165, 1.54) is 16.7 Å². The van der Waals surface area contributed by atoms with E-state index in [2.05, 4.69) is 36.5 Å². The maximum absolute atomic E-state index is 11.8. The summed E-state index contributed by atoms with van der Waals surface area (Å²) in [5.41, 5.74) is 3.60. The summed E-state index contributed by atoms with van der Waals surface area (Å²) >= 11 is 0. The van der Waals surface area contributed by atoms with Crippen LogP contribution in [0.1, 0.15) is 23.1 Å². The average molecular weight is 297 g/mol. The van der Waals surface area contributed by atoms with Gasteiger partial charge in [0.15, 0.2) is 0 Å². The molecule has 1 N–H and O–H groups in total. The van der Waals surface area contributed by atoms with E-state index in [1.54, 1.807) is 0 Å². The molecular weight excluding hydrogens is 274 g/mol. The fourth-order valence-corrected chi connectivity index (χ4v) is 2.17. The molecule has 0 saturated heterocycles. The van der Waals surface area contributed by atoms with Crippen molar-refractivity contribution in [2.45, 2.75) is 26.7 Å². The molecule has 0 saturated carbocycles. The zero-order valence-electron chi connectivity index (χ0n) is 13.3. The SMILES string of the molecule is Cc1ccc(CCC(=O)NCCOc2cccc(C)c2)cc1. The van der Waals surface area contributed by atoms with E-state index in [-0.39, 0.29) is 5.91 Å². The predicted molar refractivity (Wildman–Crippen MR) is 89.2 cm³/mol. The minimum Gasteiger partial charge on any atom is -0.492 e. The number of rotatable bonds is 7. The van der Waals surface area contributed by atoms with Crippen LogP contribution in [0, 0.1) is 13.8 Å². The fraction of sp³-hybridized carbons (Fsp3) is 0.316. The largest absolute Gasteiger partial charge is 0.492 e. The highest BCUT2D eigenvalue weighted by atomic mass is 16.5. The number of carbonyl (C=O) groups is 1. The first-order valence-corrected chi connectivity index (χ1v) is 7.65. The second kappa shape index (κ2) is 8.23. The lowest BCUT2D eigenvalue weighted by Crippen LogP contribution is -2.28. The van der Waals surface area contributed by atoms with Crippen LogP contribution in [0.2, 0.25) is 0 Å². The molecule has 0 spiro atoms. The smallest absolute Gasteiger partial charge is 0.220 e. The number of hydrogen-bond donors (Lipinski definition) is 1. The molecule has 116 valence electrons. The molecule has 22 heavy (non-hydrogen) atoms. The Labute approximate surface area is 132 Å². The van der Waals surface area contributed by atoms with Crippen molar-refractivity contribution in [3.8, 4) is 5.75 Å². The Bertz CT molecular complexity index is 605. The van der Waals surface area contributed by atoms with Crippen molar-refractivity contribution in [2.24, 2.45) is 0 Å². The van der Waals surface area contributed by atoms with Gasteiger partial charge in [-0.25, -0.2) is 0 Å². The van der Waals surface area contributed by atoms with E-state index < -0.39 is 0 Å². The lowest BCUT2D eigenvalue weighted by atomic mass is 10.1. The second-order valence-corrected chi connectivity index (χ2v) is 5.50. The maximum Gasteiger partial charge on any atom is 0.220 e. The normalized spacial score (nSPS) is 10.3. The average Bonchev–Trinajstić information content (AvgIpc) is 2.51. The summed E-state index contributed by atoms with van der Waals surface area (Å²) in [7, 11) is 0. The summed E-state index contributed by atoms with van der Waals surface area (Å²) < 4.78 is 5.60. The summed E-state index contributed by atoms with van der Waals surface area (Å²) in [6.45, 7) is 5.10. The van der Waals surface area contributed by atoms with Crippen molar-refractivity contribution in [2.75, 3.05) is 13.2 Å². The molecule has 0 unspecified atom stereocenters. The van der Waals surface area contributed by atoms with Crippen molar-refractivity contribution in [3.05, 3.63) is 65.2 Å². The van der Waals surface area contributed by atoms with Crippen LogP contribution in [0.5, 0.6) is 5.75 Å². The Morgan fingerprint density at radius 2 is 1.82 bits per heavy atom. The van der Waals surface area contributed by atoms with Gasteiger partial charge in [0.2, 0.25) is 5.91 Å². The molecule has 0 heterocycles. The standard InChI is InChI=1S/C19H23NO2/c1-15-6-8-17(9-7-15)10-11-19(21)20-12-13-22-18-5-3-4-16(2)14-18/h3-9,14H,10-13H2,1-2H3,(H,20,21). The molecule has 0 aliphatic carbocycles. The number of nitrogens with one attached hydrogen (secondary N) is 1. The highest BCUT2D eigenvalue weighted by Crippen LogP contribution is 2.11. The second-order valence-electron chi connectivity index (χ2n) is 5.50. The van der Waals surface area contributed by atoms with Crippen molar-refractivity contribution in [3.63, 3.8) is 0 Å². The van der Waals surface area contributed by atoms with E-state index >= 15 is 0 Å². The molecule has 0 aromatic heterocycles. The Balaban J connectivity index is 1.62. The molecule has 1 amide bonds. The first-order chi connectivity index (χ1) is 10.6. The Kier molecular flexibility index (Phi) is 6.01. The maximum atomic E-state index is 11.8. The fourth-order valence-electron chi connectivity index (χ4n) is 2.17. The van der Waals surface area contributed by atoms with Crippen molar-refractivity contribution < 1.29 is 9.53 Å². The van der Waals surface area contributed by atoms with Crippen molar-refractivity contribution in [1.82, 2.24) is 5.32 Å². The third kappa shape index (κ3) is 5.60. The molecule has 0 aliphatic heterocycles. The van der Waals surface area contributed by atoms with Crippen molar-refractivity contribution in [1.29, 1.82) is 0 Å². The van der Waals surface area contributed by atoms with E-state index in [0.717, 1.165) is 12.2 Å². The van der Waals surface area contributed by atoms with Crippen LogP contribution in [-0.4, -0.2) is 19.1 Å². The molecule has 0 aliphatic rings. The van der Waals surface area contributed by atoms with Gasteiger partial charge in [-0.15, -0.1) is 0 Å². The summed E-state index contributed by atoms with van der Waals surface area (Å²) in [4.78, 5) is 11.8. The Hall–Kier alpha value is -2.29. The van der Waals surface area contributed by atoms with Crippen LogP contribution in [0.25, 0.3) is 0 Å². The molecule has 2 aromatic rings. The highest BCUT2D eigenvalue weighted by Gasteiger charge is 2.02. The number of ether oxygens (including phenoxy) is 1. The predicted octanol–water partition coefficient (Wildman–Crippen LogP) is 3.43. The number of carbonyl (C=O) groups excluding carboxylic acids is 1. The van der Waals surface area contributed by atoms with E-state index in [0.29, 0.717) is 19.6 Å². The van der Waals surface area contributed by atoms with Crippen LogP contribution in [0.3, 0.4) is 0 Å². The van der Waals surface area contributed by atoms with Gasteiger partial charge in [-0.1, -0.05) is 42.0 Å². The first-order valence-electron chi connectivity index (χ1n) is 7.65. The molecule has 0 fully saturated rings. The first kappa shape index (κ1) is 16.1. The summed E-state index contributed by atoms with van der Waals surface area (Å²) in [6.07, 6.45) is 1.28. The summed E-state index contributed by atoms with van der Waals surface area (Å²) in [5, 5.41) is 2.89. The van der Waals surface area contributed by atoms with Crippen LogP contribution in [0.15, 0.2) is 48.5 Å². The molecular formula is C19H23NO2. The third-order valence-corrected chi connectivity index (χ3v) is 3.44. The molecule has 0 bridgehead atoms. The molecule has 0 radical (unpaired) electrons. The van der Waals surface area contributed by atoms with Gasteiger partial charge in [0, 0.05) is 6.42 Å². The van der Waals surface area contributed by atoms with Gasteiger partial charge in [-0.3, -0.25) is 4.79 Å². The van der Waals surface area contributed by atoms with E-state index in [9.17, 15) is 4.79 Å². The Morgan fingerprint density at radius 3 is 2.55 bits per heavy atom. The Morgan fingerprint density at radius 1 is 1.05 bits per heavy atom. The van der Waals surface area contributed by atoms with Crippen LogP contribution in [0.4, 0.5) is 0 Å². The number of aryl methyl sites for hydroxylation is 3. The zero-order valence-corrected chi connectivity index (χ0v) is 13.3. The number of benzene rings is 2. The molecule has 3 heteroatoms. The topological polar surface area (TPSA) is 38.3 Å². The van der Waals surface area contributed by atoms with Crippen molar-refractivity contribution >= 4 is 5.91 Å².